The predicted octanol–water partition coefficient (Wildman–Crippen LogP) is 1.35. The summed E-state index contributed by atoms with van der Waals surface area (Å²) in [6.45, 7) is 1.32. The van der Waals surface area contributed by atoms with E-state index in [-0.39, 0.29) is 36.7 Å². The number of methoxy groups -OCH3 is 1. The fourth-order valence-corrected chi connectivity index (χ4v) is 3.26. The summed E-state index contributed by atoms with van der Waals surface area (Å²) in [4.78, 5) is 37.9. The summed E-state index contributed by atoms with van der Waals surface area (Å²) in [5, 5.41) is 4.89. The second-order valence-corrected chi connectivity index (χ2v) is 6.59. The predicted molar refractivity (Wildman–Crippen MR) is 87.0 cm³/mol. The number of nitrogens with one attached hydrogen (secondary N) is 1. The van der Waals surface area contributed by atoms with Crippen LogP contribution in [0.5, 0.6) is 0 Å². The fraction of sp³-hybridized carbons (Fsp3) is 0.562. The van der Waals surface area contributed by atoms with Crippen molar-refractivity contribution in [3.05, 3.63) is 22.4 Å². The molecule has 0 unspecified atom stereocenters. The van der Waals surface area contributed by atoms with Gasteiger partial charge in [-0.25, -0.2) is 0 Å². The van der Waals surface area contributed by atoms with Gasteiger partial charge < -0.3 is 15.0 Å². The molecule has 1 fully saturated rings. The Balaban J connectivity index is 1.68. The summed E-state index contributed by atoms with van der Waals surface area (Å²) >= 11 is 1.59. The molecule has 2 rings (SSSR count). The number of hydrogen-bond donors (Lipinski definition) is 1. The van der Waals surface area contributed by atoms with Crippen LogP contribution in [0.15, 0.2) is 17.5 Å². The van der Waals surface area contributed by atoms with Crippen molar-refractivity contribution >= 4 is 29.1 Å². The lowest BCUT2D eigenvalue weighted by molar-refractivity contribution is -0.142. The number of likely N-dealkylation sites (tertiary alicyclic amines) is 1. The maximum atomic E-state index is 12.2. The number of thiophene rings is 1. The van der Waals surface area contributed by atoms with Gasteiger partial charge in [0.1, 0.15) is 0 Å². The Bertz CT molecular complexity index is 536. The van der Waals surface area contributed by atoms with E-state index in [1.165, 1.54) is 7.11 Å². The quantitative estimate of drug-likeness (QED) is 0.795. The molecule has 0 spiro atoms. The molecule has 23 heavy (non-hydrogen) atoms. The zero-order valence-corrected chi connectivity index (χ0v) is 14.1. The summed E-state index contributed by atoms with van der Waals surface area (Å²) in [5.41, 5.74) is 0. The molecule has 2 heterocycles. The van der Waals surface area contributed by atoms with Crippen molar-refractivity contribution in [2.45, 2.75) is 38.1 Å². The summed E-state index contributed by atoms with van der Waals surface area (Å²) in [7, 11) is 1.31. The van der Waals surface area contributed by atoms with E-state index in [9.17, 15) is 14.4 Å². The molecule has 7 heteroatoms. The zero-order chi connectivity index (χ0) is 16.7. The molecule has 0 saturated carbocycles. The van der Waals surface area contributed by atoms with Gasteiger partial charge in [-0.3, -0.25) is 14.4 Å². The topological polar surface area (TPSA) is 75.7 Å². The number of nitrogens with zero attached hydrogens (tertiary/aromatic N) is 1. The molecule has 0 aromatic carbocycles. The SMILES string of the molecule is COC(=O)CCC(=O)NC1CCN(C(=O)Cc2cccs2)CC1. The van der Waals surface area contributed by atoms with Crippen LogP contribution in [0, 0.1) is 0 Å². The summed E-state index contributed by atoms with van der Waals surface area (Å²) in [6.07, 6.45) is 2.19. The Labute approximate surface area is 139 Å². The van der Waals surface area contributed by atoms with Crippen LogP contribution in [-0.2, 0) is 25.5 Å². The lowest BCUT2D eigenvalue weighted by Gasteiger charge is -2.32. The number of ether oxygens (including phenoxy) is 1. The van der Waals surface area contributed by atoms with E-state index in [2.05, 4.69) is 10.1 Å². The molecule has 1 aromatic rings. The van der Waals surface area contributed by atoms with Crippen LogP contribution in [0.3, 0.4) is 0 Å². The normalized spacial score (nSPS) is 15.3. The highest BCUT2D eigenvalue weighted by Gasteiger charge is 2.24. The minimum atomic E-state index is -0.380. The second kappa shape index (κ2) is 8.67. The van der Waals surface area contributed by atoms with Gasteiger partial charge in [0.25, 0.3) is 0 Å². The molecular weight excluding hydrogens is 316 g/mol. The van der Waals surface area contributed by atoms with Crippen LogP contribution in [0.1, 0.15) is 30.6 Å². The lowest BCUT2D eigenvalue weighted by Crippen LogP contribution is -2.46. The Hall–Kier alpha value is -1.89. The first-order chi connectivity index (χ1) is 11.1. The maximum Gasteiger partial charge on any atom is 0.306 e. The van der Waals surface area contributed by atoms with Gasteiger partial charge in [-0.2, -0.15) is 0 Å². The minimum Gasteiger partial charge on any atom is -0.469 e. The standard InChI is InChI=1S/C16H22N2O4S/c1-22-16(21)5-4-14(19)17-12-6-8-18(9-7-12)15(20)11-13-3-2-10-23-13/h2-3,10,12H,4-9,11H2,1H3,(H,17,19). The van der Waals surface area contributed by atoms with E-state index in [0.717, 1.165) is 17.7 Å². The van der Waals surface area contributed by atoms with Crippen LogP contribution < -0.4 is 5.32 Å². The fourth-order valence-electron chi connectivity index (χ4n) is 2.56. The van der Waals surface area contributed by atoms with Crippen molar-refractivity contribution < 1.29 is 19.1 Å². The van der Waals surface area contributed by atoms with E-state index in [1.807, 2.05) is 22.4 Å². The number of piperidine rings is 1. The van der Waals surface area contributed by atoms with Gasteiger partial charge in [0, 0.05) is 30.4 Å². The molecule has 1 aliphatic rings. The van der Waals surface area contributed by atoms with Crippen molar-refractivity contribution in [3.63, 3.8) is 0 Å². The van der Waals surface area contributed by atoms with Crippen molar-refractivity contribution in [2.75, 3.05) is 20.2 Å². The minimum absolute atomic E-state index is 0.0749. The van der Waals surface area contributed by atoms with Gasteiger partial charge in [0.05, 0.1) is 20.0 Å². The number of amides is 2. The Morgan fingerprint density at radius 3 is 2.65 bits per heavy atom. The Kier molecular flexibility index (Phi) is 6.58. The van der Waals surface area contributed by atoms with Crippen LogP contribution in [0.4, 0.5) is 0 Å². The van der Waals surface area contributed by atoms with E-state index < -0.39 is 0 Å². The van der Waals surface area contributed by atoms with Gasteiger partial charge in [-0.1, -0.05) is 6.07 Å². The molecule has 2 amide bonds. The molecular formula is C16H22N2O4S. The molecule has 6 nitrogen and oxygen atoms in total. The van der Waals surface area contributed by atoms with Crippen molar-refractivity contribution in [1.29, 1.82) is 0 Å². The molecule has 1 aliphatic heterocycles. The monoisotopic (exact) mass is 338 g/mol. The van der Waals surface area contributed by atoms with E-state index in [4.69, 9.17) is 0 Å². The van der Waals surface area contributed by atoms with Gasteiger partial charge in [-0.05, 0) is 24.3 Å². The molecule has 126 valence electrons. The third-order valence-corrected chi connectivity index (χ3v) is 4.78. The second-order valence-electron chi connectivity index (χ2n) is 5.55. The maximum absolute atomic E-state index is 12.2. The first-order valence-corrected chi connectivity index (χ1v) is 8.63. The van der Waals surface area contributed by atoms with Crippen molar-refractivity contribution in [1.82, 2.24) is 10.2 Å². The van der Waals surface area contributed by atoms with Crippen LogP contribution in [0.2, 0.25) is 0 Å². The first kappa shape index (κ1) is 17.5. The summed E-state index contributed by atoms with van der Waals surface area (Å²) in [5.74, 6) is -0.379. The molecule has 0 bridgehead atoms. The Morgan fingerprint density at radius 1 is 1.30 bits per heavy atom. The highest BCUT2D eigenvalue weighted by atomic mass is 32.1. The van der Waals surface area contributed by atoms with E-state index in [0.29, 0.717) is 19.5 Å². The molecule has 1 aromatic heterocycles. The van der Waals surface area contributed by atoms with Gasteiger partial charge in [-0.15, -0.1) is 11.3 Å². The number of rotatable bonds is 6. The smallest absolute Gasteiger partial charge is 0.306 e. The largest absolute Gasteiger partial charge is 0.469 e. The number of hydrogen-bond acceptors (Lipinski definition) is 5. The van der Waals surface area contributed by atoms with Gasteiger partial charge in [0.2, 0.25) is 11.8 Å². The molecule has 0 radical (unpaired) electrons. The zero-order valence-electron chi connectivity index (χ0n) is 13.2. The van der Waals surface area contributed by atoms with E-state index >= 15 is 0 Å². The summed E-state index contributed by atoms with van der Waals surface area (Å²) < 4.78 is 4.51. The number of esters is 1. The average molecular weight is 338 g/mol. The molecule has 1 saturated heterocycles. The highest BCUT2D eigenvalue weighted by molar-refractivity contribution is 7.10. The van der Waals surface area contributed by atoms with Crippen LogP contribution >= 0.6 is 11.3 Å². The highest BCUT2D eigenvalue weighted by Crippen LogP contribution is 2.15. The lowest BCUT2D eigenvalue weighted by atomic mass is 10.0. The first-order valence-electron chi connectivity index (χ1n) is 7.75. The third-order valence-electron chi connectivity index (χ3n) is 3.90. The van der Waals surface area contributed by atoms with Crippen molar-refractivity contribution in [3.8, 4) is 0 Å². The number of carbonyl (C=O) groups is 3. The molecule has 0 atom stereocenters. The van der Waals surface area contributed by atoms with Gasteiger partial charge >= 0.3 is 5.97 Å². The van der Waals surface area contributed by atoms with Gasteiger partial charge in [0.15, 0.2) is 0 Å². The molecule has 0 aliphatic carbocycles. The third kappa shape index (κ3) is 5.67. The van der Waals surface area contributed by atoms with Crippen molar-refractivity contribution in [2.24, 2.45) is 0 Å². The van der Waals surface area contributed by atoms with Crippen LogP contribution in [0.25, 0.3) is 0 Å². The van der Waals surface area contributed by atoms with Crippen LogP contribution in [-0.4, -0.2) is 48.9 Å². The summed E-state index contributed by atoms with van der Waals surface area (Å²) in [6, 6.07) is 3.99. The Morgan fingerprint density at radius 2 is 2.04 bits per heavy atom. The van der Waals surface area contributed by atoms with E-state index in [1.54, 1.807) is 11.3 Å². The average Bonchev–Trinajstić information content (AvgIpc) is 3.06. The molecule has 1 N–H and O–H groups in total. The number of carbonyl (C=O) groups excluding carboxylic acids is 3.